The zero-order valence-electron chi connectivity index (χ0n) is 12.9. The topological polar surface area (TPSA) is 69.6 Å². The Morgan fingerprint density at radius 3 is 2.59 bits per heavy atom. The van der Waals surface area contributed by atoms with E-state index in [-0.39, 0.29) is 6.03 Å². The molecule has 1 aromatic carbocycles. The molecule has 1 fully saturated rings. The average molecular weight is 369 g/mol. The van der Waals surface area contributed by atoms with Crippen LogP contribution in [0.2, 0.25) is 0 Å². The minimum Gasteiger partial charge on any atom is -0.481 e. The van der Waals surface area contributed by atoms with Crippen molar-refractivity contribution in [1.29, 1.82) is 0 Å². The van der Waals surface area contributed by atoms with Gasteiger partial charge in [-0.25, -0.2) is 4.79 Å². The number of hydrogen-bond acceptors (Lipinski definition) is 2. The summed E-state index contributed by atoms with van der Waals surface area (Å²) in [6.45, 7) is 5.40. The van der Waals surface area contributed by atoms with Crippen LogP contribution in [-0.2, 0) is 11.3 Å². The molecule has 0 radical (unpaired) electrons. The summed E-state index contributed by atoms with van der Waals surface area (Å²) in [6.07, 6.45) is 1.38. The summed E-state index contributed by atoms with van der Waals surface area (Å²) in [5.74, 6) is -1.27. The third-order valence-electron chi connectivity index (χ3n) is 4.14. The number of carboxylic acids is 1. The summed E-state index contributed by atoms with van der Waals surface area (Å²) in [4.78, 5) is 24.9. The van der Waals surface area contributed by atoms with Crippen molar-refractivity contribution in [3.05, 3.63) is 33.3 Å². The van der Waals surface area contributed by atoms with Crippen LogP contribution in [0.25, 0.3) is 0 Å². The van der Waals surface area contributed by atoms with Gasteiger partial charge in [0.05, 0.1) is 5.92 Å². The number of nitrogens with zero attached hydrogens (tertiary/aromatic N) is 1. The van der Waals surface area contributed by atoms with Crippen LogP contribution in [0.4, 0.5) is 4.79 Å². The first-order valence-corrected chi connectivity index (χ1v) is 8.19. The van der Waals surface area contributed by atoms with Crippen molar-refractivity contribution < 1.29 is 14.7 Å². The lowest BCUT2D eigenvalue weighted by Gasteiger charge is -2.30. The Labute approximate surface area is 138 Å². The van der Waals surface area contributed by atoms with Gasteiger partial charge in [0.1, 0.15) is 0 Å². The minimum atomic E-state index is -0.822. The number of hydrogen-bond donors (Lipinski definition) is 2. The Balaban J connectivity index is 1.97. The standard InChI is InChI=1S/C16H21BrN2O3/c1-10-6-13(17)7-11(2)14(10)8-18-16(22)19-5-3-4-12(9-19)15(20)21/h6-7,12H,3-5,8-9H2,1-2H3,(H,18,22)(H,20,21). The first-order chi connectivity index (χ1) is 10.4. The summed E-state index contributed by atoms with van der Waals surface area (Å²) in [5.41, 5.74) is 3.34. The molecule has 22 heavy (non-hydrogen) atoms. The third kappa shape index (κ3) is 4.00. The highest BCUT2D eigenvalue weighted by Crippen LogP contribution is 2.21. The number of carbonyl (C=O) groups excluding carboxylic acids is 1. The second-order valence-electron chi connectivity index (χ2n) is 5.80. The van der Waals surface area contributed by atoms with Crippen molar-refractivity contribution in [2.24, 2.45) is 5.92 Å². The lowest BCUT2D eigenvalue weighted by molar-refractivity contribution is -0.143. The molecule has 0 saturated carbocycles. The molecule has 1 saturated heterocycles. The van der Waals surface area contributed by atoms with Crippen molar-refractivity contribution in [2.75, 3.05) is 13.1 Å². The molecule has 1 unspecified atom stereocenters. The second kappa shape index (κ2) is 7.13. The van der Waals surface area contributed by atoms with E-state index in [1.807, 2.05) is 26.0 Å². The number of aryl methyl sites for hydroxylation is 2. The molecule has 0 aliphatic carbocycles. The fraction of sp³-hybridized carbons (Fsp3) is 0.500. The van der Waals surface area contributed by atoms with Gasteiger partial charge in [0.2, 0.25) is 0 Å². The van der Waals surface area contributed by atoms with Gasteiger partial charge in [0, 0.05) is 24.1 Å². The SMILES string of the molecule is Cc1cc(Br)cc(C)c1CNC(=O)N1CCCC(C(=O)O)C1. The van der Waals surface area contributed by atoms with Crippen LogP contribution in [0.15, 0.2) is 16.6 Å². The van der Waals surface area contributed by atoms with Crippen molar-refractivity contribution in [2.45, 2.75) is 33.2 Å². The first kappa shape index (κ1) is 16.8. The van der Waals surface area contributed by atoms with Crippen molar-refractivity contribution in [3.8, 4) is 0 Å². The van der Waals surface area contributed by atoms with Crippen LogP contribution in [0, 0.1) is 19.8 Å². The quantitative estimate of drug-likeness (QED) is 0.861. The van der Waals surface area contributed by atoms with Gasteiger partial charge in [-0.15, -0.1) is 0 Å². The van der Waals surface area contributed by atoms with Gasteiger partial charge in [-0.1, -0.05) is 15.9 Å². The maximum Gasteiger partial charge on any atom is 0.317 e. The van der Waals surface area contributed by atoms with E-state index in [0.29, 0.717) is 26.1 Å². The van der Waals surface area contributed by atoms with Gasteiger partial charge in [-0.05, 0) is 55.5 Å². The Bertz CT molecular complexity index is 566. The monoisotopic (exact) mass is 368 g/mol. The number of carbonyl (C=O) groups is 2. The van der Waals surface area contributed by atoms with E-state index >= 15 is 0 Å². The van der Waals surface area contributed by atoms with E-state index in [9.17, 15) is 9.59 Å². The Morgan fingerprint density at radius 2 is 2.00 bits per heavy atom. The van der Waals surface area contributed by atoms with Crippen molar-refractivity contribution in [1.82, 2.24) is 10.2 Å². The van der Waals surface area contributed by atoms with Crippen LogP contribution < -0.4 is 5.32 Å². The summed E-state index contributed by atoms with van der Waals surface area (Å²) in [6, 6.07) is 3.86. The molecular formula is C16H21BrN2O3. The smallest absolute Gasteiger partial charge is 0.317 e. The second-order valence-corrected chi connectivity index (χ2v) is 6.72. The van der Waals surface area contributed by atoms with E-state index in [4.69, 9.17) is 5.11 Å². The molecule has 2 rings (SSSR count). The average Bonchev–Trinajstić information content (AvgIpc) is 2.46. The molecule has 1 aliphatic heterocycles. The molecule has 0 aromatic heterocycles. The number of amides is 2. The van der Waals surface area contributed by atoms with E-state index in [1.165, 1.54) is 0 Å². The van der Waals surface area contributed by atoms with E-state index in [0.717, 1.165) is 27.6 Å². The molecule has 1 aromatic rings. The van der Waals surface area contributed by atoms with Crippen LogP contribution >= 0.6 is 15.9 Å². The molecule has 1 aliphatic rings. The highest BCUT2D eigenvalue weighted by atomic mass is 79.9. The maximum absolute atomic E-state index is 12.2. The fourth-order valence-corrected chi connectivity index (χ4v) is 3.55. The molecule has 6 heteroatoms. The van der Waals surface area contributed by atoms with Crippen LogP contribution in [0.1, 0.15) is 29.5 Å². The summed E-state index contributed by atoms with van der Waals surface area (Å²) in [7, 11) is 0. The first-order valence-electron chi connectivity index (χ1n) is 7.39. The molecule has 1 atom stereocenters. The van der Waals surface area contributed by atoms with Gasteiger partial charge in [-0.3, -0.25) is 4.79 Å². The number of rotatable bonds is 3. The van der Waals surface area contributed by atoms with E-state index in [1.54, 1.807) is 4.90 Å². The molecule has 2 amide bonds. The molecule has 0 bridgehead atoms. The number of likely N-dealkylation sites (tertiary alicyclic amines) is 1. The van der Waals surface area contributed by atoms with Crippen molar-refractivity contribution >= 4 is 27.9 Å². The number of piperidine rings is 1. The Hall–Kier alpha value is -1.56. The number of nitrogens with one attached hydrogen (secondary N) is 1. The number of halogens is 1. The van der Waals surface area contributed by atoms with E-state index < -0.39 is 11.9 Å². The largest absolute Gasteiger partial charge is 0.481 e. The highest BCUT2D eigenvalue weighted by Gasteiger charge is 2.28. The summed E-state index contributed by atoms with van der Waals surface area (Å²) in [5, 5.41) is 12.0. The van der Waals surface area contributed by atoms with Crippen LogP contribution in [0.5, 0.6) is 0 Å². The fourth-order valence-electron chi connectivity index (χ4n) is 2.86. The Morgan fingerprint density at radius 1 is 1.36 bits per heavy atom. The Kier molecular flexibility index (Phi) is 5.45. The molecule has 1 heterocycles. The molecule has 2 N–H and O–H groups in total. The van der Waals surface area contributed by atoms with Gasteiger partial charge in [0.15, 0.2) is 0 Å². The predicted molar refractivity (Wildman–Crippen MR) is 87.8 cm³/mol. The maximum atomic E-state index is 12.2. The number of carboxylic acid groups (broad SMARTS) is 1. The van der Waals surface area contributed by atoms with Crippen LogP contribution in [0.3, 0.4) is 0 Å². The van der Waals surface area contributed by atoms with Gasteiger partial charge in [-0.2, -0.15) is 0 Å². The number of urea groups is 1. The zero-order chi connectivity index (χ0) is 16.3. The highest BCUT2D eigenvalue weighted by molar-refractivity contribution is 9.10. The zero-order valence-corrected chi connectivity index (χ0v) is 14.4. The van der Waals surface area contributed by atoms with Crippen LogP contribution in [-0.4, -0.2) is 35.1 Å². The summed E-state index contributed by atoms with van der Waals surface area (Å²) < 4.78 is 1.03. The number of aliphatic carboxylic acids is 1. The minimum absolute atomic E-state index is 0.187. The molecule has 0 spiro atoms. The lowest BCUT2D eigenvalue weighted by atomic mass is 9.98. The van der Waals surface area contributed by atoms with Crippen molar-refractivity contribution in [3.63, 3.8) is 0 Å². The molecule has 120 valence electrons. The number of benzene rings is 1. The third-order valence-corrected chi connectivity index (χ3v) is 4.59. The summed E-state index contributed by atoms with van der Waals surface area (Å²) >= 11 is 3.46. The predicted octanol–water partition coefficient (Wildman–Crippen LogP) is 3.07. The normalized spacial score (nSPS) is 18.1. The molecule has 5 nitrogen and oxygen atoms in total. The van der Waals surface area contributed by atoms with E-state index in [2.05, 4.69) is 21.2 Å². The molecular weight excluding hydrogens is 348 g/mol. The van der Waals surface area contributed by atoms with Gasteiger partial charge >= 0.3 is 12.0 Å². The van der Waals surface area contributed by atoms with Gasteiger partial charge in [0.25, 0.3) is 0 Å². The van der Waals surface area contributed by atoms with Gasteiger partial charge < -0.3 is 15.3 Å². The lowest BCUT2D eigenvalue weighted by Crippen LogP contribution is -2.46.